The van der Waals surface area contributed by atoms with E-state index >= 15 is 0 Å². The van der Waals surface area contributed by atoms with Gasteiger partial charge in [0.2, 0.25) is 0 Å². The van der Waals surface area contributed by atoms with Crippen molar-refractivity contribution in [3.05, 3.63) is 16.3 Å². The van der Waals surface area contributed by atoms with Gasteiger partial charge in [0.05, 0.1) is 13.2 Å². The molecular weight excluding hydrogens is 236 g/mol. The van der Waals surface area contributed by atoms with Gasteiger partial charge in [-0.05, 0) is 30.8 Å². The number of nitrogens with two attached hydrogens (primary N) is 1. The largest absolute Gasteiger partial charge is 0.398 e. The number of thiophene rings is 1. The fraction of sp³-hybridized carbons (Fsp3) is 0.667. The maximum absolute atomic E-state index is 5.79. The van der Waals surface area contributed by atoms with Gasteiger partial charge in [0, 0.05) is 30.8 Å². The van der Waals surface area contributed by atoms with Gasteiger partial charge in [0.1, 0.15) is 0 Å². The van der Waals surface area contributed by atoms with E-state index < -0.39 is 0 Å². The third kappa shape index (κ3) is 6.63. The summed E-state index contributed by atoms with van der Waals surface area (Å²) in [5, 5.41) is 5.40. The molecule has 98 valence electrons. The van der Waals surface area contributed by atoms with E-state index in [4.69, 9.17) is 15.2 Å². The number of anilines is 1. The topological polar surface area (TPSA) is 56.5 Å². The van der Waals surface area contributed by atoms with Crippen LogP contribution in [0.3, 0.4) is 0 Å². The molecule has 0 saturated carbocycles. The first-order chi connectivity index (χ1) is 8.34. The summed E-state index contributed by atoms with van der Waals surface area (Å²) in [7, 11) is 1.68. The van der Waals surface area contributed by atoms with Crippen LogP contribution in [0, 0.1) is 0 Å². The van der Waals surface area contributed by atoms with E-state index in [1.807, 2.05) is 11.4 Å². The van der Waals surface area contributed by atoms with Crippen LogP contribution in [-0.2, 0) is 16.0 Å². The Morgan fingerprint density at radius 3 is 2.88 bits per heavy atom. The first-order valence-corrected chi connectivity index (χ1v) is 6.82. The summed E-state index contributed by atoms with van der Waals surface area (Å²) >= 11 is 1.70. The van der Waals surface area contributed by atoms with Gasteiger partial charge < -0.3 is 20.5 Å². The molecule has 0 fully saturated rings. The minimum Gasteiger partial charge on any atom is -0.398 e. The fourth-order valence-electron chi connectivity index (χ4n) is 1.39. The minimum atomic E-state index is 0.676. The zero-order valence-corrected chi connectivity index (χ0v) is 11.2. The van der Waals surface area contributed by atoms with Gasteiger partial charge in [-0.15, -0.1) is 11.3 Å². The molecule has 1 rings (SSSR count). The maximum atomic E-state index is 5.79. The van der Waals surface area contributed by atoms with E-state index in [-0.39, 0.29) is 0 Å². The summed E-state index contributed by atoms with van der Waals surface area (Å²) in [4.78, 5) is 1.22. The molecule has 0 atom stereocenters. The first-order valence-electron chi connectivity index (χ1n) is 5.94. The Hall–Kier alpha value is -0.620. The Balaban J connectivity index is 1.86. The van der Waals surface area contributed by atoms with Crippen molar-refractivity contribution in [1.82, 2.24) is 5.32 Å². The van der Waals surface area contributed by atoms with Gasteiger partial charge in [-0.25, -0.2) is 0 Å². The molecule has 1 aromatic heterocycles. The lowest BCUT2D eigenvalue weighted by molar-refractivity contribution is 0.0688. The highest BCUT2D eigenvalue weighted by molar-refractivity contribution is 7.10. The number of hydrogen-bond donors (Lipinski definition) is 2. The summed E-state index contributed by atoms with van der Waals surface area (Å²) in [6.45, 7) is 4.05. The fourth-order valence-corrected chi connectivity index (χ4v) is 2.16. The molecule has 5 heteroatoms. The summed E-state index contributed by atoms with van der Waals surface area (Å²) in [5.41, 5.74) is 6.68. The molecule has 0 bridgehead atoms. The predicted molar refractivity (Wildman–Crippen MR) is 72.4 cm³/mol. The van der Waals surface area contributed by atoms with E-state index in [0.717, 1.165) is 38.2 Å². The smallest absolute Gasteiger partial charge is 0.0700 e. The van der Waals surface area contributed by atoms with Gasteiger partial charge in [-0.2, -0.15) is 0 Å². The molecule has 0 aliphatic rings. The molecule has 0 aromatic carbocycles. The number of methoxy groups -OCH3 is 1. The molecule has 3 N–H and O–H groups in total. The predicted octanol–water partition coefficient (Wildman–Crippen LogP) is 1.86. The van der Waals surface area contributed by atoms with Crippen molar-refractivity contribution in [3.63, 3.8) is 0 Å². The second-order valence-electron chi connectivity index (χ2n) is 3.79. The molecule has 0 aliphatic carbocycles. The minimum absolute atomic E-state index is 0.676. The number of rotatable bonds is 10. The monoisotopic (exact) mass is 258 g/mol. The number of unbranched alkanes of at least 4 members (excludes halogenated alkanes) is 1. The lowest BCUT2D eigenvalue weighted by atomic mass is 10.3. The highest BCUT2D eigenvalue weighted by atomic mass is 32.1. The molecule has 1 heterocycles. The van der Waals surface area contributed by atoms with Gasteiger partial charge in [0.25, 0.3) is 0 Å². The molecule has 0 spiro atoms. The van der Waals surface area contributed by atoms with Crippen LogP contribution in [0.4, 0.5) is 5.69 Å². The molecule has 0 unspecified atom stereocenters. The maximum Gasteiger partial charge on any atom is 0.0700 e. The molecular formula is C12H22N2O2S. The van der Waals surface area contributed by atoms with Crippen LogP contribution in [0.15, 0.2) is 11.4 Å². The standard InChI is InChI=1S/C12H22N2O2S/c1-15-7-8-16-6-3-2-5-14-10-12-11(13)4-9-17-12/h4,9,14H,2-3,5-8,10,13H2,1H3. The molecule has 0 saturated heterocycles. The van der Waals surface area contributed by atoms with Crippen LogP contribution in [0.2, 0.25) is 0 Å². The molecule has 0 amide bonds. The summed E-state index contributed by atoms with van der Waals surface area (Å²) in [6, 6.07) is 1.95. The number of hydrogen-bond acceptors (Lipinski definition) is 5. The van der Waals surface area contributed by atoms with E-state index in [2.05, 4.69) is 5.32 Å². The zero-order valence-electron chi connectivity index (χ0n) is 10.4. The Morgan fingerprint density at radius 2 is 2.18 bits per heavy atom. The Labute approximate surface area is 107 Å². The quantitative estimate of drug-likeness (QED) is 0.629. The average Bonchev–Trinajstić information content (AvgIpc) is 2.73. The second kappa shape index (κ2) is 9.41. The van der Waals surface area contributed by atoms with Crippen molar-refractivity contribution >= 4 is 17.0 Å². The van der Waals surface area contributed by atoms with Crippen LogP contribution in [-0.4, -0.2) is 33.5 Å². The lowest BCUT2D eigenvalue weighted by Gasteiger charge is -2.05. The van der Waals surface area contributed by atoms with Gasteiger partial charge >= 0.3 is 0 Å². The summed E-state index contributed by atoms with van der Waals surface area (Å²) in [5.74, 6) is 0. The third-order valence-electron chi connectivity index (χ3n) is 2.39. The normalized spacial score (nSPS) is 10.9. The Bertz CT molecular complexity index is 292. The van der Waals surface area contributed by atoms with Crippen LogP contribution in [0.1, 0.15) is 17.7 Å². The van der Waals surface area contributed by atoms with Crippen LogP contribution in [0.25, 0.3) is 0 Å². The zero-order chi connectivity index (χ0) is 12.3. The van der Waals surface area contributed by atoms with Crippen LogP contribution in [0.5, 0.6) is 0 Å². The lowest BCUT2D eigenvalue weighted by Crippen LogP contribution is -2.15. The SMILES string of the molecule is COCCOCCCCNCc1sccc1N. The van der Waals surface area contributed by atoms with Crippen molar-refractivity contribution in [2.45, 2.75) is 19.4 Å². The van der Waals surface area contributed by atoms with E-state index in [1.54, 1.807) is 18.4 Å². The molecule has 0 aliphatic heterocycles. The van der Waals surface area contributed by atoms with E-state index in [9.17, 15) is 0 Å². The van der Waals surface area contributed by atoms with Crippen molar-refractivity contribution < 1.29 is 9.47 Å². The van der Waals surface area contributed by atoms with Crippen molar-refractivity contribution in [1.29, 1.82) is 0 Å². The summed E-state index contributed by atoms with van der Waals surface area (Å²) < 4.78 is 10.3. The van der Waals surface area contributed by atoms with Gasteiger partial charge in [-0.3, -0.25) is 0 Å². The first kappa shape index (κ1) is 14.4. The number of ether oxygens (including phenoxy) is 2. The number of nitrogens with one attached hydrogen (secondary N) is 1. The van der Waals surface area contributed by atoms with Crippen molar-refractivity contribution in [3.8, 4) is 0 Å². The molecule has 0 radical (unpaired) electrons. The molecule has 17 heavy (non-hydrogen) atoms. The Kier molecular flexibility index (Phi) is 8.00. The highest BCUT2D eigenvalue weighted by Crippen LogP contribution is 2.17. The second-order valence-corrected chi connectivity index (χ2v) is 4.79. The number of nitrogen functional groups attached to an aromatic ring is 1. The summed E-state index contributed by atoms with van der Waals surface area (Å²) in [6.07, 6.45) is 2.20. The van der Waals surface area contributed by atoms with Gasteiger partial charge in [0.15, 0.2) is 0 Å². The molecule has 1 aromatic rings. The average molecular weight is 258 g/mol. The molecule has 4 nitrogen and oxygen atoms in total. The third-order valence-corrected chi connectivity index (χ3v) is 3.33. The van der Waals surface area contributed by atoms with Gasteiger partial charge in [-0.1, -0.05) is 0 Å². The Morgan fingerprint density at radius 1 is 1.29 bits per heavy atom. The van der Waals surface area contributed by atoms with E-state index in [1.165, 1.54) is 4.88 Å². The van der Waals surface area contributed by atoms with Crippen molar-refractivity contribution in [2.24, 2.45) is 0 Å². The van der Waals surface area contributed by atoms with Crippen molar-refractivity contribution in [2.75, 3.05) is 39.2 Å². The van der Waals surface area contributed by atoms with E-state index in [0.29, 0.717) is 13.2 Å². The van der Waals surface area contributed by atoms with Crippen LogP contribution < -0.4 is 11.1 Å². The van der Waals surface area contributed by atoms with Crippen LogP contribution >= 0.6 is 11.3 Å². The highest BCUT2D eigenvalue weighted by Gasteiger charge is 1.98.